The lowest BCUT2D eigenvalue weighted by atomic mass is 9.95. The van der Waals surface area contributed by atoms with Crippen molar-refractivity contribution in [3.05, 3.63) is 26.7 Å². The van der Waals surface area contributed by atoms with Gasteiger partial charge in [-0.25, -0.2) is 8.42 Å². The second-order valence-corrected chi connectivity index (χ2v) is 9.41. The standard InChI is InChI=1S/C13H15BrCl3NO2S/c1-8(15)9-2-4-18(5-3-9)21(19,20)13-11(16)6-10(14)7-12(13)17/h6-9H,2-5H2,1H3. The van der Waals surface area contributed by atoms with E-state index in [1.807, 2.05) is 6.92 Å². The molecule has 1 unspecified atom stereocenters. The number of piperidine rings is 1. The number of hydrogen-bond donors (Lipinski definition) is 0. The van der Waals surface area contributed by atoms with Crippen molar-refractivity contribution in [1.29, 1.82) is 0 Å². The molecule has 1 fully saturated rings. The van der Waals surface area contributed by atoms with Crippen LogP contribution in [0.15, 0.2) is 21.5 Å². The highest BCUT2D eigenvalue weighted by Gasteiger charge is 2.33. The molecular formula is C13H15BrCl3NO2S. The number of benzene rings is 1. The van der Waals surface area contributed by atoms with Crippen molar-refractivity contribution in [1.82, 2.24) is 4.31 Å². The molecule has 1 aromatic rings. The molecule has 0 saturated carbocycles. The van der Waals surface area contributed by atoms with Gasteiger partial charge in [0, 0.05) is 22.9 Å². The Labute approximate surface area is 148 Å². The first kappa shape index (κ1) is 17.8. The number of halogens is 4. The summed E-state index contributed by atoms with van der Waals surface area (Å²) in [6.45, 7) is 2.82. The third-order valence-electron chi connectivity index (χ3n) is 3.71. The van der Waals surface area contributed by atoms with Gasteiger partial charge in [-0.1, -0.05) is 39.1 Å². The van der Waals surface area contributed by atoms with E-state index in [2.05, 4.69) is 15.9 Å². The summed E-state index contributed by atoms with van der Waals surface area (Å²) in [5.74, 6) is 0.342. The van der Waals surface area contributed by atoms with Crippen LogP contribution in [0.3, 0.4) is 0 Å². The zero-order chi connectivity index (χ0) is 15.8. The van der Waals surface area contributed by atoms with Gasteiger partial charge in [0.05, 0.1) is 10.0 Å². The van der Waals surface area contributed by atoms with E-state index in [-0.39, 0.29) is 20.3 Å². The van der Waals surface area contributed by atoms with Crippen LogP contribution in [0.1, 0.15) is 19.8 Å². The van der Waals surface area contributed by atoms with E-state index in [0.717, 1.165) is 12.8 Å². The van der Waals surface area contributed by atoms with Gasteiger partial charge in [-0.05, 0) is 37.8 Å². The van der Waals surface area contributed by atoms with Crippen molar-refractivity contribution < 1.29 is 8.42 Å². The lowest BCUT2D eigenvalue weighted by Crippen LogP contribution is -2.40. The second-order valence-electron chi connectivity index (χ2n) is 5.12. The van der Waals surface area contributed by atoms with Crippen molar-refractivity contribution in [3.8, 4) is 0 Å². The minimum atomic E-state index is -3.68. The molecule has 1 aliphatic heterocycles. The van der Waals surface area contributed by atoms with Gasteiger partial charge in [0.2, 0.25) is 10.0 Å². The van der Waals surface area contributed by atoms with Crippen molar-refractivity contribution in [3.63, 3.8) is 0 Å². The normalized spacial score (nSPS) is 19.7. The highest BCUT2D eigenvalue weighted by atomic mass is 79.9. The molecule has 118 valence electrons. The van der Waals surface area contributed by atoms with Gasteiger partial charge >= 0.3 is 0 Å². The minimum Gasteiger partial charge on any atom is -0.207 e. The zero-order valence-electron chi connectivity index (χ0n) is 11.3. The summed E-state index contributed by atoms with van der Waals surface area (Å²) in [5, 5.41) is 0.305. The summed E-state index contributed by atoms with van der Waals surface area (Å²) in [6.07, 6.45) is 1.49. The van der Waals surface area contributed by atoms with E-state index in [4.69, 9.17) is 34.8 Å². The van der Waals surface area contributed by atoms with Crippen LogP contribution < -0.4 is 0 Å². The van der Waals surface area contributed by atoms with Gasteiger partial charge in [0.1, 0.15) is 4.90 Å². The van der Waals surface area contributed by atoms with Crippen LogP contribution in [-0.4, -0.2) is 31.2 Å². The van der Waals surface area contributed by atoms with Crippen molar-refractivity contribution in [2.75, 3.05) is 13.1 Å². The van der Waals surface area contributed by atoms with E-state index in [0.29, 0.717) is 23.5 Å². The first-order valence-corrected chi connectivity index (χ1v) is 9.94. The number of alkyl halides is 1. The summed E-state index contributed by atoms with van der Waals surface area (Å²) in [4.78, 5) is -0.0218. The maximum absolute atomic E-state index is 12.7. The minimum absolute atomic E-state index is 0.0218. The van der Waals surface area contributed by atoms with E-state index in [1.54, 1.807) is 0 Å². The molecule has 1 heterocycles. The molecule has 0 amide bonds. The molecule has 3 nitrogen and oxygen atoms in total. The monoisotopic (exact) mass is 433 g/mol. The van der Waals surface area contributed by atoms with Gasteiger partial charge in [0.15, 0.2) is 0 Å². The van der Waals surface area contributed by atoms with Crippen LogP contribution in [0.4, 0.5) is 0 Å². The summed E-state index contributed by atoms with van der Waals surface area (Å²) >= 11 is 21.5. The van der Waals surface area contributed by atoms with E-state index in [1.165, 1.54) is 16.4 Å². The summed E-state index contributed by atoms with van der Waals surface area (Å²) in [5.41, 5.74) is 0. The van der Waals surface area contributed by atoms with Gasteiger partial charge in [0.25, 0.3) is 0 Å². The maximum Gasteiger partial charge on any atom is 0.246 e. The molecule has 0 aromatic heterocycles. The van der Waals surface area contributed by atoms with Gasteiger partial charge in [-0.3, -0.25) is 0 Å². The second kappa shape index (κ2) is 6.93. The fourth-order valence-electron chi connectivity index (χ4n) is 2.48. The van der Waals surface area contributed by atoms with Crippen LogP contribution >= 0.6 is 50.7 Å². The van der Waals surface area contributed by atoms with Gasteiger partial charge in [-0.15, -0.1) is 11.6 Å². The van der Waals surface area contributed by atoms with Crippen molar-refractivity contribution in [2.45, 2.75) is 30.0 Å². The number of rotatable bonds is 3. The SMILES string of the molecule is CC(Cl)C1CCN(S(=O)(=O)c2c(Cl)cc(Br)cc2Cl)CC1. The van der Waals surface area contributed by atoms with Gasteiger partial charge in [-0.2, -0.15) is 4.31 Å². The summed E-state index contributed by atoms with van der Waals surface area (Å²) in [6, 6.07) is 3.07. The Morgan fingerprint density at radius 1 is 1.24 bits per heavy atom. The predicted octanol–water partition coefficient (Wildman–Crippen LogP) is 4.78. The summed E-state index contributed by atoms with van der Waals surface area (Å²) < 4.78 is 27.5. The molecule has 0 spiro atoms. The van der Waals surface area contributed by atoms with E-state index < -0.39 is 10.0 Å². The van der Waals surface area contributed by atoms with Gasteiger partial charge < -0.3 is 0 Å². The van der Waals surface area contributed by atoms with E-state index in [9.17, 15) is 8.42 Å². The Hall–Kier alpha value is 0.480. The molecule has 0 radical (unpaired) electrons. The predicted molar refractivity (Wildman–Crippen MR) is 91.0 cm³/mol. The van der Waals surface area contributed by atoms with Crippen LogP contribution in [0, 0.1) is 5.92 Å². The third kappa shape index (κ3) is 3.88. The van der Waals surface area contributed by atoms with Crippen molar-refractivity contribution >= 4 is 60.8 Å². The molecule has 1 saturated heterocycles. The molecule has 1 aliphatic rings. The maximum atomic E-state index is 12.7. The Kier molecular flexibility index (Phi) is 5.89. The van der Waals surface area contributed by atoms with Crippen LogP contribution in [0.25, 0.3) is 0 Å². The Morgan fingerprint density at radius 2 is 1.71 bits per heavy atom. The largest absolute Gasteiger partial charge is 0.246 e. The number of hydrogen-bond acceptors (Lipinski definition) is 2. The molecule has 0 aliphatic carbocycles. The van der Waals surface area contributed by atoms with Crippen LogP contribution in [0.2, 0.25) is 10.0 Å². The third-order valence-corrected chi connectivity index (χ3v) is 7.34. The Balaban J connectivity index is 2.28. The Bertz CT molecular complexity index is 605. The highest BCUT2D eigenvalue weighted by Crippen LogP contribution is 2.36. The van der Waals surface area contributed by atoms with E-state index >= 15 is 0 Å². The summed E-state index contributed by atoms with van der Waals surface area (Å²) in [7, 11) is -3.68. The number of nitrogens with zero attached hydrogens (tertiary/aromatic N) is 1. The zero-order valence-corrected chi connectivity index (χ0v) is 16.0. The topological polar surface area (TPSA) is 37.4 Å². The average molecular weight is 436 g/mol. The molecule has 0 N–H and O–H groups in total. The molecule has 21 heavy (non-hydrogen) atoms. The first-order valence-electron chi connectivity index (χ1n) is 6.52. The fourth-order valence-corrected chi connectivity index (χ4v) is 6.09. The molecular weight excluding hydrogens is 420 g/mol. The highest BCUT2D eigenvalue weighted by molar-refractivity contribution is 9.10. The van der Waals surface area contributed by atoms with Crippen LogP contribution in [0.5, 0.6) is 0 Å². The quantitative estimate of drug-likeness (QED) is 0.641. The van der Waals surface area contributed by atoms with Crippen molar-refractivity contribution in [2.24, 2.45) is 5.92 Å². The molecule has 8 heteroatoms. The van der Waals surface area contributed by atoms with Crippen LogP contribution in [-0.2, 0) is 10.0 Å². The molecule has 0 bridgehead atoms. The smallest absolute Gasteiger partial charge is 0.207 e. The first-order chi connectivity index (χ1) is 9.73. The fraction of sp³-hybridized carbons (Fsp3) is 0.538. The Morgan fingerprint density at radius 3 is 2.14 bits per heavy atom. The lowest BCUT2D eigenvalue weighted by molar-refractivity contribution is 0.271. The molecule has 1 aromatic carbocycles. The lowest BCUT2D eigenvalue weighted by Gasteiger charge is -2.32. The molecule has 2 rings (SSSR count). The average Bonchev–Trinajstić information content (AvgIpc) is 2.37. The molecule has 1 atom stereocenters. The number of sulfonamides is 1.